The molecule has 0 saturated carbocycles. The summed E-state index contributed by atoms with van der Waals surface area (Å²) in [5.41, 5.74) is 3.51. The molecule has 3 nitrogen and oxygen atoms in total. The third-order valence-electron chi connectivity index (χ3n) is 3.67. The molecule has 2 saturated heterocycles. The Labute approximate surface area is 107 Å². The fraction of sp³-hybridized carbons (Fsp3) is 1.00. The number of nitrogens with zero attached hydrogens (tertiary/aromatic N) is 2. The fourth-order valence-corrected chi connectivity index (χ4v) is 3.02. The third kappa shape index (κ3) is 2.84. The van der Waals surface area contributed by atoms with Gasteiger partial charge in [0.05, 0.1) is 0 Å². The quantitative estimate of drug-likeness (QED) is 0.620. The van der Waals surface area contributed by atoms with Crippen LogP contribution >= 0.6 is 22.6 Å². The summed E-state index contributed by atoms with van der Waals surface area (Å²) in [5.74, 6) is 1.82. The van der Waals surface area contributed by atoms with Gasteiger partial charge in [-0.2, -0.15) is 0 Å². The Morgan fingerprint density at radius 3 is 2.27 bits per heavy atom. The van der Waals surface area contributed by atoms with Crippen LogP contribution in [0, 0.1) is 11.8 Å². The summed E-state index contributed by atoms with van der Waals surface area (Å²) in [6.45, 7) is 10.9. The molecule has 88 valence electrons. The number of nitrogens with one attached hydrogen (secondary N) is 1. The van der Waals surface area contributed by atoms with E-state index in [-0.39, 0.29) is 0 Å². The minimum atomic E-state index is 0.728. The lowest BCUT2D eigenvalue weighted by molar-refractivity contribution is 0.187. The van der Waals surface area contributed by atoms with Gasteiger partial charge in [-0.25, -0.2) is 5.01 Å². The molecule has 0 unspecified atom stereocenters. The van der Waals surface area contributed by atoms with Gasteiger partial charge in [0.2, 0.25) is 0 Å². The summed E-state index contributed by atoms with van der Waals surface area (Å²) in [6, 6.07) is 0.728. The number of hydrogen-bond acceptors (Lipinski definition) is 3. The highest BCUT2D eigenvalue weighted by atomic mass is 127. The lowest BCUT2D eigenvalue weighted by Gasteiger charge is -2.24. The van der Waals surface area contributed by atoms with Crippen molar-refractivity contribution in [2.24, 2.45) is 11.8 Å². The van der Waals surface area contributed by atoms with Crippen molar-refractivity contribution in [2.75, 3.05) is 37.2 Å². The topological polar surface area (TPSA) is 18.5 Å². The Hall–Kier alpha value is 0.610. The Kier molecular flexibility index (Phi) is 4.26. The standard InChI is InChI=1S/C11H22IN3/c1-9(2)14-5-10-7-15(13-4-3-12)8-11(10)6-14/h9-11,13H,3-8H2,1-2H3/t10-,11+. The molecule has 4 heteroatoms. The summed E-state index contributed by atoms with van der Waals surface area (Å²) >= 11 is 2.42. The highest BCUT2D eigenvalue weighted by Gasteiger charge is 2.40. The molecule has 0 aromatic heterocycles. The van der Waals surface area contributed by atoms with Crippen molar-refractivity contribution in [1.29, 1.82) is 0 Å². The Bertz CT molecular complexity index is 196. The van der Waals surface area contributed by atoms with Crippen LogP contribution < -0.4 is 5.43 Å². The number of hydrazine groups is 1. The van der Waals surface area contributed by atoms with Crippen LogP contribution in [0.4, 0.5) is 0 Å². The molecule has 2 rings (SSSR count). The predicted octanol–water partition coefficient (Wildman–Crippen LogP) is 1.20. The van der Waals surface area contributed by atoms with E-state index in [0.717, 1.165) is 24.4 Å². The van der Waals surface area contributed by atoms with Crippen LogP contribution in [0.2, 0.25) is 0 Å². The average Bonchev–Trinajstić information content (AvgIpc) is 2.71. The van der Waals surface area contributed by atoms with Crippen LogP contribution in [0.25, 0.3) is 0 Å². The van der Waals surface area contributed by atoms with Crippen molar-refractivity contribution < 1.29 is 0 Å². The lowest BCUT2D eigenvalue weighted by atomic mass is 10.0. The summed E-state index contributed by atoms with van der Waals surface area (Å²) in [4.78, 5) is 2.63. The molecule has 2 atom stereocenters. The molecule has 2 aliphatic rings. The van der Waals surface area contributed by atoms with Gasteiger partial charge in [0.15, 0.2) is 0 Å². The number of hydrogen-bond donors (Lipinski definition) is 1. The minimum Gasteiger partial charge on any atom is -0.300 e. The maximum atomic E-state index is 3.51. The number of alkyl halides is 1. The van der Waals surface area contributed by atoms with Gasteiger partial charge in [0.1, 0.15) is 0 Å². The van der Waals surface area contributed by atoms with E-state index in [0.29, 0.717) is 0 Å². The maximum Gasteiger partial charge on any atom is 0.0192 e. The summed E-state index contributed by atoms with van der Waals surface area (Å²) in [5, 5.41) is 2.44. The summed E-state index contributed by atoms with van der Waals surface area (Å²) in [7, 11) is 0. The Morgan fingerprint density at radius 1 is 1.20 bits per heavy atom. The Balaban J connectivity index is 1.78. The van der Waals surface area contributed by atoms with Gasteiger partial charge in [-0.3, -0.25) is 5.43 Å². The number of fused-ring (bicyclic) bond motifs is 1. The molecule has 0 radical (unpaired) electrons. The molecule has 0 aliphatic carbocycles. The molecule has 2 fully saturated rings. The molecule has 0 spiro atoms. The molecule has 2 aliphatic heterocycles. The minimum absolute atomic E-state index is 0.728. The second-order valence-electron chi connectivity index (χ2n) is 5.07. The van der Waals surface area contributed by atoms with Gasteiger partial charge < -0.3 is 4.90 Å². The molecular formula is C11H22IN3. The van der Waals surface area contributed by atoms with E-state index in [4.69, 9.17) is 0 Å². The van der Waals surface area contributed by atoms with E-state index >= 15 is 0 Å². The van der Waals surface area contributed by atoms with Crippen LogP contribution in [-0.2, 0) is 0 Å². The molecule has 2 heterocycles. The van der Waals surface area contributed by atoms with Crippen LogP contribution in [0.1, 0.15) is 13.8 Å². The first-order valence-corrected chi connectivity index (χ1v) is 7.51. The first-order valence-electron chi connectivity index (χ1n) is 5.99. The molecular weight excluding hydrogens is 301 g/mol. The van der Waals surface area contributed by atoms with E-state index in [1.165, 1.54) is 30.6 Å². The van der Waals surface area contributed by atoms with Crippen molar-refractivity contribution in [3.8, 4) is 0 Å². The molecule has 0 aromatic carbocycles. The SMILES string of the molecule is CC(C)N1C[C@H]2CN(NCCI)C[C@H]2C1. The van der Waals surface area contributed by atoms with E-state index in [9.17, 15) is 0 Å². The van der Waals surface area contributed by atoms with Crippen molar-refractivity contribution in [1.82, 2.24) is 15.3 Å². The van der Waals surface area contributed by atoms with E-state index in [2.05, 4.69) is 51.8 Å². The fourth-order valence-electron chi connectivity index (χ4n) is 2.78. The first kappa shape index (κ1) is 12.1. The average molecular weight is 323 g/mol. The van der Waals surface area contributed by atoms with Gasteiger partial charge >= 0.3 is 0 Å². The van der Waals surface area contributed by atoms with Crippen molar-refractivity contribution in [3.05, 3.63) is 0 Å². The van der Waals surface area contributed by atoms with Gasteiger partial charge in [0, 0.05) is 43.2 Å². The highest BCUT2D eigenvalue weighted by molar-refractivity contribution is 14.1. The molecule has 0 amide bonds. The van der Waals surface area contributed by atoms with Crippen molar-refractivity contribution in [3.63, 3.8) is 0 Å². The van der Waals surface area contributed by atoms with Crippen LogP contribution in [-0.4, -0.2) is 53.1 Å². The molecule has 1 N–H and O–H groups in total. The van der Waals surface area contributed by atoms with Gasteiger partial charge in [-0.15, -0.1) is 0 Å². The molecule has 0 bridgehead atoms. The number of rotatable bonds is 4. The second kappa shape index (κ2) is 5.29. The summed E-state index contributed by atoms with van der Waals surface area (Å²) in [6.07, 6.45) is 0. The van der Waals surface area contributed by atoms with E-state index in [1.807, 2.05) is 0 Å². The smallest absolute Gasteiger partial charge is 0.0192 e. The van der Waals surface area contributed by atoms with Gasteiger partial charge in [0.25, 0.3) is 0 Å². The second-order valence-corrected chi connectivity index (χ2v) is 6.15. The zero-order valence-corrected chi connectivity index (χ0v) is 11.9. The zero-order valence-electron chi connectivity index (χ0n) is 9.75. The Morgan fingerprint density at radius 2 is 1.80 bits per heavy atom. The van der Waals surface area contributed by atoms with E-state index < -0.39 is 0 Å². The van der Waals surface area contributed by atoms with E-state index in [1.54, 1.807) is 0 Å². The monoisotopic (exact) mass is 323 g/mol. The molecule has 15 heavy (non-hydrogen) atoms. The van der Waals surface area contributed by atoms with Crippen molar-refractivity contribution in [2.45, 2.75) is 19.9 Å². The maximum absolute atomic E-state index is 3.51. The van der Waals surface area contributed by atoms with Crippen LogP contribution in [0.15, 0.2) is 0 Å². The van der Waals surface area contributed by atoms with Gasteiger partial charge in [-0.05, 0) is 25.7 Å². The third-order valence-corrected chi connectivity index (χ3v) is 4.21. The normalized spacial score (nSPS) is 32.8. The van der Waals surface area contributed by atoms with Crippen LogP contribution in [0.3, 0.4) is 0 Å². The first-order chi connectivity index (χ1) is 7.20. The van der Waals surface area contributed by atoms with Crippen molar-refractivity contribution >= 4 is 22.6 Å². The highest BCUT2D eigenvalue weighted by Crippen LogP contribution is 2.30. The zero-order chi connectivity index (χ0) is 10.8. The predicted molar refractivity (Wildman–Crippen MR) is 72.2 cm³/mol. The number of likely N-dealkylation sites (tertiary alicyclic amines) is 1. The number of halogens is 1. The largest absolute Gasteiger partial charge is 0.300 e. The summed E-state index contributed by atoms with van der Waals surface area (Å²) < 4.78 is 1.20. The molecule has 0 aromatic rings. The van der Waals surface area contributed by atoms with Crippen LogP contribution in [0.5, 0.6) is 0 Å². The lowest BCUT2D eigenvalue weighted by Crippen LogP contribution is -2.40. The van der Waals surface area contributed by atoms with Gasteiger partial charge in [-0.1, -0.05) is 22.6 Å².